The molecule has 0 unspecified atom stereocenters. The molecule has 12 aromatic rings. The maximum atomic E-state index is 9.44. The number of nitrogens with zero attached hydrogens (tertiary/aromatic N) is 7. The number of para-hydroxylation sites is 3. The van der Waals surface area contributed by atoms with Gasteiger partial charge in [-0.25, -0.2) is 19.9 Å². The Morgan fingerprint density at radius 3 is 1.64 bits per heavy atom. The van der Waals surface area contributed by atoms with Crippen LogP contribution < -0.4 is 14.5 Å². The lowest BCUT2D eigenvalue weighted by molar-refractivity contribution is 0.484. The fourth-order valence-electron chi connectivity index (χ4n) is 11.8. The van der Waals surface area contributed by atoms with E-state index >= 15 is 0 Å². The summed E-state index contributed by atoms with van der Waals surface area (Å²) in [5.41, 5.74) is 8.50. The molecular weight excluding hydrogens is 1030 g/mol. The molecule has 4 heterocycles. The predicted octanol–water partition coefficient (Wildman–Crippen LogP) is 19.3. The Bertz CT molecular complexity index is 4860. The van der Waals surface area contributed by atoms with Crippen molar-refractivity contribution in [3.05, 3.63) is 269 Å². The Hall–Kier alpha value is -9.66. The van der Waals surface area contributed by atoms with E-state index in [9.17, 15) is 5.48 Å². The molecule has 1 aliphatic rings. The number of pyridine rings is 1. The van der Waals surface area contributed by atoms with E-state index in [0.717, 1.165) is 50.0 Å². The van der Waals surface area contributed by atoms with E-state index in [1.165, 1.54) is 0 Å². The lowest BCUT2D eigenvalue weighted by Crippen LogP contribution is -2.29. The van der Waals surface area contributed by atoms with Crippen molar-refractivity contribution >= 4 is 44.6 Å². The Kier molecular flexibility index (Phi) is 10.7. The van der Waals surface area contributed by atoms with Crippen LogP contribution in [0.15, 0.2) is 224 Å². The predicted molar refractivity (Wildman–Crippen MR) is 347 cm³/mol. The molecule has 0 fully saturated rings. The quantitative estimate of drug-likeness (QED) is 0.121. The van der Waals surface area contributed by atoms with Crippen LogP contribution in [-0.2, 0) is 16.2 Å². The van der Waals surface area contributed by atoms with Gasteiger partial charge in [0.15, 0.2) is 5.82 Å². The van der Waals surface area contributed by atoms with Crippen LogP contribution in [0.1, 0.15) is 107 Å². The second kappa shape index (κ2) is 21.0. The summed E-state index contributed by atoms with van der Waals surface area (Å²) in [5, 5.41) is 1.91. The molecule has 0 saturated carbocycles. The summed E-state index contributed by atoms with van der Waals surface area (Å²) in [6, 6.07) is 47.4. The third kappa shape index (κ3) is 9.36. The summed E-state index contributed by atoms with van der Waals surface area (Å²) in [6.45, 7) is 20.6. The van der Waals surface area contributed by atoms with Crippen molar-refractivity contribution in [3.63, 3.8) is 0 Å². The van der Waals surface area contributed by atoms with E-state index < -0.39 is 71.3 Å². The molecule has 0 amide bonds. The Morgan fingerprint density at radius 1 is 0.488 bits per heavy atom. The van der Waals surface area contributed by atoms with Crippen molar-refractivity contribution in [1.82, 2.24) is 24.5 Å². The average molecular weight is 1110 g/mol. The van der Waals surface area contributed by atoms with Crippen molar-refractivity contribution in [2.75, 3.05) is 16.5 Å². The summed E-state index contributed by atoms with van der Waals surface area (Å²) < 4.78 is 100. The van der Waals surface area contributed by atoms with Gasteiger partial charge in [0.05, 0.1) is 47.4 Å². The van der Waals surface area contributed by atoms with Gasteiger partial charge < -0.3 is 14.5 Å². The largest absolute Gasteiger partial charge is 0.456 e. The summed E-state index contributed by atoms with van der Waals surface area (Å²) in [6.07, 6.45) is 1.86. The number of rotatable bonds is 12. The van der Waals surface area contributed by atoms with E-state index in [2.05, 4.69) is 113 Å². The minimum Gasteiger partial charge on any atom is -0.456 e. The molecule has 0 radical (unpaired) electrons. The van der Waals surface area contributed by atoms with Crippen LogP contribution in [-0.4, -0.2) is 31.2 Å². The second-order valence-electron chi connectivity index (χ2n) is 23.7. The van der Waals surface area contributed by atoms with Crippen molar-refractivity contribution in [2.45, 2.75) is 85.5 Å². The molecule has 1 aliphatic heterocycles. The number of ether oxygens (including phenoxy) is 1. The molecule has 84 heavy (non-hydrogen) atoms. The van der Waals surface area contributed by atoms with Crippen molar-refractivity contribution in [2.24, 2.45) is 0 Å². The van der Waals surface area contributed by atoms with Crippen LogP contribution >= 0.6 is 0 Å². The smallest absolute Gasteiger partial charge is 0.167 e. The minimum atomic E-state index is -0.694. The molecule has 0 atom stereocenters. The van der Waals surface area contributed by atoms with Gasteiger partial charge in [-0.3, -0.25) is 4.57 Å². The van der Waals surface area contributed by atoms with Gasteiger partial charge in [0, 0.05) is 56.7 Å². The van der Waals surface area contributed by atoms with Crippen LogP contribution in [0.25, 0.3) is 61.3 Å². The van der Waals surface area contributed by atoms with E-state index in [1.54, 1.807) is 0 Å². The topological polar surface area (TPSA) is 72.2 Å². The van der Waals surface area contributed by atoms with Gasteiger partial charge in [0.25, 0.3) is 0 Å². The lowest BCUT2D eigenvalue weighted by atomic mass is 9.82. The first-order valence-corrected chi connectivity index (χ1v) is 28.3. The zero-order valence-electron chi connectivity index (χ0n) is 58.8. The molecule has 0 N–H and O–H groups in total. The lowest BCUT2D eigenvalue weighted by Gasteiger charge is -2.30. The summed E-state index contributed by atoms with van der Waals surface area (Å²) in [7, 11) is 0. The van der Waals surface area contributed by atoms with Gasteiger partial charge in [0.2, 0.25) is 0 Å². The molecule has 414 valence electrons. The number of benzene rings is 9. The van der Waals surface area contributed by atoms with Gasteiger partial charge in [-0.15, -0.1) is 0 Å². The average Bonchev–Trinajstić information content (AvgIpc) is 1.26. The number of fused-ring (bicyclic) bond motifs is 4. The summed E-state index contributed by atoms with van der Waals surface area (Å²) in [4.78, 5) is 25.4. The summed E-state index contributed by atoms with van der Waals surface area (Å²) >= 11 is 0. The number of aromatic nitrogens is 5. The first-order valence-electron chi connectivity index (χ1n) is 33.3. The number of hydrogen-bond donors (Lipinski definition) is 0. The normalized spacial score (nSPS) is 14.5. The Morgan fingerprint density at radius 2 is 1.05 bits per heavy atom. The van der Waals surface area contributed by atoms with Gasteiger partial charge >= 0.3 is 0 Å². The van der Waals surface area contributed by atoms with Crippen molar-refractivity contribution in [3.8, 4) is 51.0 Å². The maximum absolute atomic E-state index is 9.44. The van der Waals surface area contributed by atoms with Crippen LogP contribution in [0.2, 0.25) is 0 Å². The van der Waals surface area contributed by atoms with Crippen LogP contribution in [0.3, 0.4) is 0 Å². The number of anilines is 4. The second-order valence-corrected chi connectivity index (χ2v) is 23.7. The Labute approximate surface area is 507 Å². The van der Waals surface area contributed by atoms with E-state index in [4.69, 9.17) is 32.9 Å². The van der Waals surface area contributed by atoms with Crippen molar-refractivity contribution in [1.29, 1.82) is 0 Å². The molecule has 13 rings (SSSR count). The highest BCUT2D eigenvalue weighted by molar-refractivity contribution is 6.11. The molecule has 0 aliphatic carbocycles. The van der Waals surface area contributed by atoms with E-state index in [0.29, 0.717) is 68.3 Å². The molecule has 0 spiro atoms. The SMILES string of the molecule is [2H]c1c([2H])c([2H])c(-c2c(C)c(C)c(C)c(-c3c([2H])c([2H])c([2H])c([2H])c3[2H])c2N2CN(c3cccc(Oc4cc5c(cc4-c4nc(C(C)(C)c6ccccc6)nc(C(C)(C)c6ccccc6)n4)c4ccccc4n5-c4cc(C(C)(C)C)ccn4)c3)c3ccccc32)c([2H])c1[2H]. The Balaban J connectivity index is 1.03. The van der Waals surface area contributed by atoms with Gasteiger partial charge in [-0.2, -0.15) is 0 Å². The molecule has 8 heteroatoms. The highest BCUT2D eigenvalue weighted by Gasteiger charge is 2.36. The van der Waals surface area contributed by atoms with Gasteiger partial charge in [0.1, 0.15) is 35.6 Å². The third-order valence-electron chi connectivity index (χ3n) is 16.8. The van der Waals surface area contributed by atoms with E-state index in [-0.39, 0.29) is 34.3 Å². The first-order chi connectivity index (χ1) is 44.7. The molecular formula is C76H69N7O. The minimum absolute atomic E-state index is 0.0464. The van der Waals surface area contributed by atoms with Gasteiger partial charge in [-0.1, -0.05) is 178 Å². The molecule has 0 saturated heterocycles. The monoisotopic (exact) mass is 1110 g/mol. The number of hydrogen-bond acceptors (Lipinski definition) is 7. The van der Waals surface area contributed by atoms with E-state index in [1.807, 2.05) is 135 Å². The van der Waals surface area contributed by atoms with Gasteiger partial charge in [-0.05, 0) is 147 Å². The fraction of sp³-hybridized carbons (Fsp3) is 0.184. The first kappa shape index (κ1) is 43.1. The molecule has 3 aromatic heterocycles. The zero-order chi connectivity index (χ0) is 66.8. The highest BCUT2D eigenvalue weighted by atomic mass is 16.5. The maximum Gasteiger partial charge on any atom is 0.167 e. The van der Waals surface area contributed by atoms with Crippen molar-refractivity contribution < 1.29 is 18.4 Å². The molecule has 9 aromatic carbocycles. The molecule has 0 bridgehead atoms. The standard InChI is InChI=1S/C76H69N7O/c1-49-50(2)68(52-28-15-11-16-29-52)70(69(51(49)3)53-30-17-12-18-31-53)82-48-81(63-40-25-26-41-64(63)82)57-36-27-37-58(45-57)84-66-47-65-60(59-38-23-24-39-62(59)83(65)67-44-56(42-43-77-67)74(4,5)6)46-61(66)71-78-72(75(7,8)54-32-19-13-20-33-54)80-73(79-71)76(9,10)55-34-21-14-22-35-55/h11-47H,48H2,1-10H3/i11D,12D,15D,16D,17D,18D,28D,29D,30D,31D. The fourth-order valence-corrected chi connectivity index (χ4v) is 11.8. The zero-order valence-corrected chi connectivity index (χ0v) is 48.8. The highest BCUT2D eigenvalue weighted by Crippen LogP contribution is 2.53. The van der Waals surface area contributed by atoms with Crippen LogP contribution in [0, 0.1) is 20.8 Å². The summed E-state index contributed by atoms with van der Waals surface area (Å²) in [5.74, 6) is 3.18. The third-order valence-corrected chi connectivity index (χ3v) is 16.8. The molecule has 8 nitrogen and oxygen atoms in total. The van der Waals surface area contributed by atoms with Crippen LogP contribution in [0.5, 0.6) is 11.5 Å². The van der Waals surface area contributed by atoms with Crippen LogP contribution in [0.4, 0.5) is 22.7 Å².